The molecular weight excluding hydrogens is 308 g/mol. The SMILES string of the molecule is Cc1cc(=O)n2nc(N(C)Cc3cccc(Cl)c3)sc2n1. The van der Waals surface area contributed by atoms with Crippen LogP contribution in [0.15, 0.2) is 35.1 Å². The molecule has 108 valence electrons. The minimum atomic E-state index is -0.156. The van der Waals surface area contributed by atoms with E-state index in [4.69, 9.17) is 11.6 Å². The third-order valence-corrected chi connectivity index (χ3v) is 4.26. The first-order chi connectivity index (χ1) is 10.0. The third-order valence-electron chi connectivity index (χ3n) is 3.00. The lowest BCUT2D eigenvalue weighted by atomic mass is 10.2. The Balaban J connectivity index is 1.93. The van der Waals surface area contributed by atoms with Crippen LogP contribution in [0, 0.1) is 6.92 Å². The van der Waals surface area contributed by atoms with Gasteiger partial charge in [0, 0.05) is 30.4 Å². The van der Waals surface area contributed by atoms with Crippen LogP contribution in [0.1, 0.15) is 11.3 Å². The second-order valence-corrected chi connectivity index (χ2v) is 6.17. The van der Waals surface area contributed by atoms with E-state index >= 15 is 0 Å². The molecule has 0 fully saturated rings. The zero-order chi connectivity index (χ0) is 15.0. The van der Waals surface area contributed by atoms with E-state index in [1.807, 2.05) is 36.2 Å². The summed E-state index contributed by atoms with van der Waals surface area (Å²) in [6.45, 7) is 2.46. The fraction of sp³-hybridized carbons (Fsp3) is 0.214. The number of benzene rings is 1. The average molecular weight is 321 g/mol. The lowest BCUT2D eigenvalue weighted by Gasteiger charge is -2.14. The van der Waals surface area contributed by atoms with E-state index in [9.17, 15) is 4.79 Å². The van der Waals surface area contributed by atoms with Crippen LogP contribution in [0.4, 0.5) is 5.13 Å². The molecule has 3 aromatic rings. The van der Waals surface area contributed by atoms with Gasteiger partial charge >= 0.3 is 0 Å². The summed E-state index contributed by atoms with van der Waals surface area (Å²) in [5.41, 5.74) is 1.63. The molecule has 0 spiro atoms. The van der Waals surface area contributed by atoms with Gasteiger partial charge in [-0.2, -0.15) is 4.52 Å². The fourth-order valence-electron chi connectivity index (χ4n) is 2.04. The topological polar surface area (TPSA) is 50.5 Å². The molecule has 0 amide bonds. The van der Waals surface area contributed by atoms with Gasteiger partial charge in [0.2, 0.25) is 10.1 Å². The van der Waals surface area contributed by atoms with E-state index in [2.05, 4.69) is 10.1 Å². The first-order valence-electron chi connectivity index (χ1n) is 6.36. The Morgan fingerprint density at radius 3 is 2.95 bits per heavy atom. The Labute approximate surface area is 130 Å². The van der Waals surface area contributed by atoms with E-state index in [1.165, 1.54) is 21.9 Å². The molecule has 0 bridgehead atoms. The molecule has 2 aromatic heterocycles. The molecule has 0 aliphatic carbocycles. The van der Waals surface area contributed by atoms with E-state index in [1.54, 1.807) is 6.92 Å². The molecule has 3 rings (SSSR count). The van der Waals surface area contributed by atoms with Gasteiger partial charge < -0.3 is 4.90 Å². The first-order valence-corrected chi connectivity index (χ1v) is 7.55. The van der Waals surface area contributed by atoms with Crippen molar-refractivity contribution < 1.29 is 0 Å². The maximum atomic E-state index is 11.9. The summed E-state index contributed by atoms with van der Waals surface area (Å²) in [4.78, 5) is 18.8. The molecule has 0 atom stereocenters. The van der Waals surface area contributed by atoms with Gasteiger partial charge in [0.15, 0.2) is 0 Å². The highest BCUT2D eigenvalue weighted by Crippen LogP contribution is 2.22. The molecule has 21 heavy (non-hydrogen) atoms. The normalized spacial score (nSPS) is 11.0. The number of halogens is 1. The van der Waals surface area contributed by atoms with Crippen LogP contribution in [-0.4, -0.2) is 21.6 Å². The minimum absolute atomic E-state index is 0.156. The van der Waals surface area contributed by atoms with Gasteiger partial charge in [-0.05, 0) is 24.6 Å². The molecule has 0 unspecified atom stereocenters. The van der Waals surface area contributed by atoms with Crippen LogP contribution in [0.5, 0.6) is 0 Å². The summed E-state index contributed by atoms with van der Waals surface area (Å²) in [6.07, 6.45) is 0. The third kappa shape index (κ3) is 2.91. The lowest BCUT2D eigenvalue weighted by Crippen LogP contribution is -2.18. The van der Waals surface area contributed by atoms with Crippen LogP contribution in [0.25, 0.3) is 4.96 Å². The van der Waals surface area contributed by atoms with E-state index in [0.29, 0.717) is 22.2 Å². The minimum Gasteiger partial charge on any atom is -0.345 e. The summed E-state index contributed by atoms with van der Waals surface area (Å²) in [7, 11) is 1.93. The second kappa shape index (κ2) is 5.46. The monoisotopic (exact) mass is 320 g/mol. The standard InChI is InChI=1S/C14H13ClN4OS/c1-9-6-12(20)19-13(16-9)21-14(17-19)18(2)8-10-4-3-5-11(15)7-10/h3-7H,8H2,1-2H3. The predicted octanol–water partition coefficient (Wildman–Crippen LogP) is 2.75. The highest BCUT2D eigenvalue weighted by atomic mass is 35.5. The van der Waals surface area contributed by atoms with Crippen LogP contribution >= 0.6 is 22.9 Å². The van der Waals surface area contributed by atoms with Gasteiger partial charge in [-0.15, -0.1) is 5.10 Å². The molecule has 1 aromatic carbocycles. The van der Waals surface area contributed by atoms with Crippen molar-refractivity contribution in [2.24, 2.45) is 0 Å². The summed E-state index contributed by atoms with van der Waals surface area (Å²) < 4.78 is 1.33. The highest BCUT2D eigenvalue weighted by Gasteiger charge is 2.11. The molecule has 0 saturated heterocycles. The highest BCUT2D eigenvalue weighted by molar-refractivity contribution is 7.20. The van der Waals surface area contributed by atoms with Crippen LogP contribution in [0.2, 0.25) is 5.02 Å². The maximum Gasteiger partial charge on any atom is 0.275 e. The zero-order valence-electron chi connectivity index (χ0n) is 11.6. The molecule has 7 heteroatoms. The molecule has 0 N–H and O–H groups in total. The van der Waals surface area contributed by atoms with Crippen molar-refractivity contribution in [2.45, 2.75) is 13.5 Å². The lowest BCUT2D eigenvalue weighted by molar-refractivity contribution is 0.841. The molecule has 2 heterocycles. The fourth-order valence-corrected chi connectivity index (χ4v) is 3.17. The van der Waals surface area contributed by atoms with Crippen molar-refractivity contribution in [1.29, 1.82) is 0 Å². The van der Waals surface area contributed by atoms with Gasteiger partial charge in [-0.3, -0.25) is 4.79 Å². The summed E-state index contributed by atoms with van der Waals surface area (Å²) in [6, 6.07) is 9.16. The number of rotatable bonds is 3. The summed E-state index contributed by atoms with van der Waals surface area (Å²) >= 11 is 7.38. The van der Waals surface area contributed by atoms with E-state index in [0.717, 1.165) is 10.7 Å². The van der Waals surface area contributed by atoms with Crippen LogP contribution in [-0.2, 0) is 6.54 Å². The molecule has 0 aliphatic rings. The van der Waals surface area contributed by atoms with Gasteiger partial charge in [0.25, 0.3) is 5.56 Å². The Morgan fingerprint density at radius 2 is 2.19 bits per heavy atom. The number of hydrogen-bond acceptors (Lipinski definition) is 5. The number of aromatic nitrogens is 3. The Morgan fingerprint density at radius 1 is 1.38 bits per heavy atom. The Hall–Kier alpha value is -1.92. The Bertz CT molecular complexity index is 858. The predicted molar refractivity (Wildman–Crippen MR) is 85.4 cm³/mol. The summed E-state index contributed by atoms with van der Waals surface area (Å²) in [5.74, 6) is 0. The second-order valence-electron chi connectivity index (χ2n) is 4.80. The molecular formula is C14H13ClN4OS. The van der Waals surface area contributed by atoms with Crippen molar-refractivity contribution >= 4 is 33.0 Å². The first kappa shape index (κ1) is 14.0. The number of fused-ring (bicyclic) bond motifs is 1. The number of aryl methyl sites for hydroxylation is 1. The maximum absolute atomic E-state index is 11.9. The van der Waals surface area contributed by atoms with Crippen molar-refractivity contribution in [2.75, 3.05) is 11.9 Å². The number of anilines is 1. The molecule has 0 radical (unpaired) electrons. The Kier molecular flexibility index (Phi) is 3.65. The quantitative estimate of drug-likeness (QED) is 0.744. The van der Waals surface area contributed by atoms with Gasteiger partial charge in [-0.25, -0.2) is 4.98 Å². The molecule has 5 nitrogen and oxygen atoms in total. The van der Waals surface area contributed by atoms with Gasteiger partial charge in [0.05, 0.1) is 0 Å². The molecule has 0 aliphatic heterocycles. The van der Waals surface area contributed by atoms with Crippen LogP contribution in [0.3, 0.4) is 0 Å². The van der Waals surface area contributed by atoms with Gasteiger partial charge in [-0.1, -0.05) is 35.1 Å². The smallest absolute Gasteiger partial charge is 0.275 e. The van der Waals surface area contributed by atoms with Crippen molar-refractivity contribution in [3.8, 4) is 0 Å². The van der Waals surface area contributed by atoms with Gasteiger partial charge in [0.1, 0.15) is 0 Å². The number of hydrogen-bond donors (Lipinski definition) is 0. The molecule has 0 saturated carbocycles. The van der Waals surface area contributed by atoms with E-state index < -0.39 is 0 Å². The van der Waals surface area contributed by atoms with Crippen LogP contribution < -0.4 is 10.5 Å². The van der Waals surface area contributed by atoms with Crippen molar-refractivity contribution in [1.82, 2.24) is 14.6 Å². The zero-order valence-corrected chi connectivity index (χ0v) is 13.1. The summed E-state index contributed by atoms with van der Waals surface area (Å²) in [5, 5.41) is 5.77. The number of nitrogens with zero attached hydrogens (tertiary/aromatic N) is 4. The van der Waals surface area contributed by atoms with Crippen molar-refractivity contribution in [3.63, 3.8) is 0 Å². The average Bonchev–Trinajstić information content (AvgIpc) is 2.83. The van der Waals surface area contributed by atoms with Crippen molar-refractivity contribution in [3.05, 3.63) is 57.0 Å². The largest absolute Gasteiger partial charge is 0.345 e. The van der Waals surface area contributed by atoms with E-state index in [-0.39, 0.29) is 5.56 Å².